The third kappa shape index (κ3) is 26.1. The Kier molecular flexibility index (Phi) is 29.1. The molecule has 3 amide bonds. The maximum Gasteiger partial charge on any atom is 0.244 e. The molecule has 67 heavy (non-hydrogen) atoms. The first kappa shape index (κ1) is 58.8. The summed E-state index contributed by atoms with van der Waals surface area (Å²) in [5.74, 6) is -0.806. The zero-order valence-corrected chi connectivity index (χ0v) is 43.5. The van der Waals surface area contributed by atoms with Crippen LogP contribution in [0.2, 0.25) is 0 Å². The number of carbonyl (C=O) groups excluding carboxylic acids is 3. The van der Waals surface area contributed by atoms with E-state index in [0.29, 0.717) is 72.1 Å². The van der Waals surface area contributed by atoms with Gasteiger partial charge in [0.15, 0.2) is 0 Å². The predicted molar refractivity (Wildman–Crippen MR) is 278 cm³/mol. The molecule has 1 atom stereocenters. The lowest BCUT2D eigenvalue weighted by molar-refractivity contribution is -0.127. The van der Waals surface area contributed by atoms with Crippen LogP contribution in [-0.2, 0) is 33.3 Å². The number of nitrogens with one attached hydrogen (secondary N) is 3. The standard InChI is InChI=1S/C57H89N3O7/c1-12-34-64-36-38-66-40-41-67-39-37-65-35-33-59-55(63)52(60-54(62)43-47(5)22-16-20-45(3)27-29-51-49(7)24-18-31-57(51,10)11)25-13-14-32-58-53(61)42-46(4)21-15-19-44(2)26-28-50-48(6)23-17-30-56(50,8)9/h15-16,19-22,26-29,42-43,52H,12-14,17-18,23-25,30-41H2,1-11H3,(H,58,61)(H,59,63)(H,60,62)/b21-15+,22-16+,28-26+,29-27+,44-19+,45-20+,46-42+,47-43+/t52-/m1/s1. The monoisotopic (exact) mass is 928 g/mol. The van der Waals surface area contributed by atoms with Crippen LogP contribution in [0.4, 0.5) is 0 Å². The molecule has 0 aromatic rings. The molecule has 0 radical (unpaired) electrons. The second-order valence-electron chi connectivity index (χ2n) is 19.4. The highest BCUT2D eigenvalue weighted by molar-refractivity contribution is 5.93. The minimum atomic E-state index is -0.755. The molecule has 0 aromatic carbocycles. The summed E-state index contributed by atoms with van der Waals surface area (Å²) in [4.78, 5) is 39.3. The molecule has 2 aliphatic rings. The predicted octanol–water partition coefficient (Wildman–Crippen LogP) is 11.4. The summed E-state index contributed by atoms with van der Waals surface area (Å²) in [6, 6.07) is -0.755. The van der Waals surface area contributed by atoms with Gasteiger partial charge in [-0.25, -0.2) is 0 Å². The maximum atomic E-state index is 13.4. The molecule has 2 aliphatic carbocycles. The van der Waals surface area contributed by atoms with E-state index in [1.54, 1.807) is 6.08 Å². The van der Waals surface area contributed by atoms with Crippen LogP contribution in [0.15, 0.2) is 117 Å². The van der Waals surface area contributed by atoms with Gasteiger partial charge in [-0.1, -0.05) is 118 Å². The van der Waals surface area contributed by atoms with Gasteiger partial charge < -0.3 is 34.9 Å². The molecule has 0 spiro atoms. The van der Waals surface area contributed by atoms with Crippen molar-refractivity contribution < 1.29 is 33.3 Å². The molecule has 0 heterocycles. The Morgan fingerprint density at radius 1 is 0.582 bits per heavy atom. The van der Waals surface area contributed by atoms with Crippen molar-refractivity contribution in [2.75, 3.05) is 65.9 Å². The van der Waals surface area contributed by atoms with E-state index in [9.17, 15) is 14.4 Å². The Bertz CT molecular complexity index is 1870. The molecule has 0 aromatic heterocycles. The Balaban J connectivity index is 1.91. The quantitative estimate of drug-likeness (QED) is 0.0359. The van der Waals surface area contributed by atoms with Crippen LogP contribution >= 0.6 is 0 Å². The number of hydrogen-bond donors (Lipinski definition) is 3. The molecule has 0 fully saturated rings. The van der Waals surface area contributed by atoms with Gasteiger partial charge in [0, 0.05) is 31.8 Å². The number of rotatable bonds is 31. The van der Waals surface area contributed by atoms with Gasteiger partial charge in [0.2, 0.25) is 17.7 Å². The largest absolute Gasteiger partial charge is 0.379 e. The van der Waals surface area contributed by atoms with Crippen molar-refractivity contribution in [2.24, 2.45) is 10.8 Å². The van der Waals surface area contributed by atoms with Crippen molar-refractivity contribution in [1.82, 2.24) is 16.0 Å². The number of ether oxygens (including phenoxy) is 4. The average Bonchev–Trinajstić information content (AvgIpc) is 3.25. The fourth-order valence-corrected chi connectivity index (χ4v) is 8.27. The highest BCUT2D eigenvalue weighted by Crippen LogP contribution is 2.41. The molecule has 10 nitrogen and oxygen atoms in total. The summed E-state index contributed by atoms with van der Waals surface area (Å²) in [5, 5.41) is 8.77. The fourth-order valence-electron chi connectivity index (χ4n) is 8.27. The van der Waals surface area contributed by atoms with Crippen LogP contribution in [-0.4, -0.2) is 89.7 Å². The second kappa shape index (κ2) is 33.2. The summed E-state index contributed by atoms with van der Waals surface area (Å²) in [7, 11) is 0. The van der Waals surface area contributed by atoms with E-state index in [4.69, 9.17) is 18.9 Å². The maximum absolute atomic E-state index is 13.4. The average molecular weight is 928 g/mol. The number of unbranched alkanes of at least 4 members (excludes halogenated alkanes) is 1. The minimum absolute atomic E-state index is 0.172. The van der Waals surface area contributed by atoms with Crippen molar-refractivity contribution in [3.8, 4) is 0 Å². The van der Waals surface area contributed by atoms with E-state index in [0.717, 1.165) is 41.7 Å². The highest BCUT2D eigenvalue weighted by atomic mass is 16.6. The topological polar surface area (TPSA) is 124 Å². The molecule has 3 N–H and O–H groups in total. The SMILES string of the molecule is CCCOCCOCCOCCOCCNC(=O)[C@@H](CCCCNC(=O)/C=C(C)/C=C/C=C(C)/C=C/C1=C(C)CCCC1(C)C)NC(=O)/C=C(C)/C=C/C=C(C)/C=C/C1=C(C)CCCC1(C)C. The molecular formula is C57H89N3O7. The van der Waals surface area contributed by atoms with E-state index in [2.05, 4.69) is 109 Å². The van der Waals surface area contributed by atoms with Crippen LogP contribution < -0.4 is 16.0 Å². The van der Waals surface area contributed by atoms with Crippen molar-refractivity contribution >= 4 is 17.7 Å². The molecular weight excluding hydrogens is 839 g/mol. The molecule has 0 unspecified atom stereocenters. The first-order chi connectivity index (χ1) is 31.9. The van der Waals surface area contributed by atoms with Crippen LogP contribution in [0.1, 0.15) is 140 Å². The van der Waals surface area contributed by atoms with E-state index >= 15 is 0 Å². The van der Waals surface area contributed by atoms with Gasteiger partial charge in [0.1, 0.15) is 6.04 Å². The first-order valence-electron chi connectivity index (χ1n) is 24.9. The van der Waals surface area contributed by atoms with E-state index in [-0.39, 0.29) is 35.1 Å². The van der Waals surface area contributed by atoms with Crippen molar-refractivity contribution in [2.45, 2.75) is 146 Å². The normalized spacial score (nSPS) is 18.0. The third-order valence-corrected chi connectivity index (χ3v) is 12.1. The lowest BCUT2D eigenvalue weighted by Gasteiger charge is -2.33. The second-order valence-corrected chi connectivity index (χ2v) is 19.4. The van der Waals surface area contributed by atoms with E-state index in [1.165, 1.54) is 60.5 Å². The number of amides is 3. The van der Waals surface area contributed by atoms with E-state index < -0.39 is 6.04 Å². The third-order valence-electron chi connectivity index (χ3n) is 12.1. The molecule has 0 bridgehead atoms. The Hall–Kier alpha value is -4.35. The van der Waals surface area contributed by atoms with Gasteiger partial charge in [-0.05, 0) is 139 Å². The lowest BCUT2D eigenvalue weighted by atomic mass is 9.72. The van der Waals surface area contributed by atoms with Gasteiger partial charge in [-0.2, -0.15) is 0 Å². The van der Waals surface area contributed by atoms with Gasteiger partial charge >= 0.3 is 0 Å². The molecule has 0 saturated heterocycles. The molecule has 374 valence electrons. The number of hydrogen-bond acceptors (Lipinski definition) is 7. The van der Waals surface area contributed by atoms with Gasteiger partial charge in [-0.15, -0.1) is 0 Å². The first-order valence-corrected chi connectivity index (χ1v) is 24.9. The highest BCUT2D eigenvalue weighted by Gasteiger charge is 2.27. The van der Waals surface area contributed by atoms with Gasteiger partial charge in [-0.3, -0.25) is 14.4 Å². The van der Waals surface area contributed by atoms with Crippen LogP contribution in [0, 0.1) is 10.8 Å². The zero-order chi connectivity index (χ0) is 49.5. The molecule has 2 rings (SSSR count). The number of carbonyl (C=O) groups is 3. The van der Waals surface area contributed by atoms with E-state index in [1.807, 2.05) is 44.2 Å². The molecule has 10 heteroatoms. The Morgan fingerprint density at radius 2 is 1.04 bits per heavy atom. The number of allylic oxidation sites excluding steroid dienone is 18. The Morgan fingerprint density at radius 3 is 1.52 bits per heavy atom. The van der Waals surface area contributed by atoms with Crippen molar-refractivity contribution in [3.63, 3.8) is 0 Å². The van der Waals surface area contributed by atoms with Gasteiger partial charge in [0.25, 0.3) is 0 Å². The smallest absolute Gasteiger partial charge is 0.244 e. The summed E-state index contributed by atoms with van der Waals surface area (Å²) in [6.07, 6.45) is 33.6. The van der Waals surface area contributed by atoms with Crippen molar-refractivity contribution in [3.05, 3.63) is 117 Å². The lowest BCUT2D eigenvalue weighted by Crippen LogP contribution is -2.47. The van der Waals surface area contributed by atoms with Crippen LogP contribution in [0.3, 0.4) is 0 Å². The zero-order valence-electron chi connectivity index (χ0n) is 43.5. The van der Waals surface area contributed by atoms with Crippen LogP contribution in [0.5, 0.6) is 0 Å². The van der Waals surface area contributed by atoms with Crippen LogP contribution in [0.25, 0.3) is 0 Å². The fraction of sp³-hybridized carbons (Fsp3) is 0.596. The van der Waals surface area contributed by atoms with Crippen molar-refractivity contribution in [1.29, 1.82) is 0 Å². The summed E-state index contributed by atoms with van der Waals surface area (Å²) < 4.78 is 22.1. The summed E-state index contributed by atoms with van der Waals surface area (Å²) in [6.45, 7) is 28.4. The summed E-state index contributed by atoms with van der Waals surface area (Å²) >= 11 is 0. The van der Waals surface area contributed by atoms with Gasteiger partial charge in [0.05, 0.1) is 46.2 Å². The Labute approximate surface area is 406 Å². The minimum Gasteiger partial charge on any atom is -0.379 e. The molecule has 0 saturated carbocycles. The molecule has 0 aliphatic heterocycles. The summed E-state index contributed by atoms with van der Waals surface area (Å²) in [5.41, 5.74) is 10.1.